The van der Waals surface area contributed by atoms with Gasteiger partial charge in [0.25, 0.3) is 0 Å². The van der Waals surface area contributed by atoms with Gasteiger partial charge in [-0.15, -0.1) is 0 Å². The number of carbonyl (C=O) groups is 2. The average molecular weight is 479 g/mol. The van der Waals surface area contributed by atoms with Gasteiger partial charge in [-0.1, -0.05) is 75.0 Å². The van der Waals surface area contributed by atoms with Crippen molar-refractivity contribution >= 4 is 41.4 Å². The fourth-order valence-corrected chi connectivity index (χ4v) is 8.36. The molecule has 1 aliphatic rings. The topological polar surface area (TPSA) is 51.2 Å². The zero-order valence-corrected chi connectivity index (χ0v) is 21.1. The number of hydrogen-bond acceptors (Lipinski definition) is 3. The van der Waals surface area contributed by atoms with E-state index in [-0.39, 0.29) is 21.0 Å². The lowest BCUT2D eigenvalue weighted by molar-refractivity contribution is 0.103. The molecule has 0 N–H and O–H groups in total. The molecule has 166 valence electrons. The highest BCUT2D eigenvalue weighted by atomic mass is 35.5. The summed E-state index contributed by atoms with van der Waals surface area (Å²) in [5, 5.41) is 0.250. The summed E-state index contributed by atoms with van der Waals surface area (Å²) in [4.78, 5) is 27.6. The van der Waals surface area contributed by atoms with Gasteiger partial charge in [-0.25, -0.2) is 0 Å². The van der Waals surface area contributed by atoms with Gasteiger partial charge in [0, 0.05) is 11.2 Å². The molecule has 0 radical (unpaired) electrons. The van der Waals surface area contributed by atoms with Crippen LogP contribution in [0.5, 0.6) is 0 Å². The first-order valence-electron chi connectivity index (χ1n) is 10.6. The predicted octanol–water partition coefficient (Wildman–Crippen LogP) is 8.19. The minimum absolute atomic E-state index is 0.00367. The van der Waals surface area contributed by atoms with E-state index >= 15 is 0 Å². The van der Waals surface area contributed by atoms with E-state index in [1.807, 2.05) is 26.0 Å². The Balaban J connectivity index is 2.20. The molecule has 1 fully saturated rings. The van der Waals surface area contributed by atoms with Gasteiger partial charge in [-0.05, 0) is 60.9 Å². The van der Waals surface area contributed by atoms with Crippen molar-refractivity contribution in [1.82, 2.24) is 0 Å². The summed E-state index contributed by atoms with van der Waals surface area (Å²) >= 11 is 12.6. The van der Waals surface area contributed by atoms with Crippen LogP contribution in [0, 0.1) is 13.8 Å². The van der Waals surface area contributed by atoms with Crippen LogP contribution in [-0.4, -0.2) is 16.7 Å². The molecule has 31 heavy (non-hydrogen) atoms. The predicted molar refractivity (Wildman–Crippen MR) is 130 cm³/mol. The van der Waals surface area contributed by atoms with E-state index in [4.69, 9.17) is 23.2 Å². The van der Waals surface area contributed by atoms with Gasteiger partial charge in [0.05, 0.1) is 15.6 Å². The van der Waals surface area contributed by atoms with Crippen molar-refractivity contribution in [3.63, 3.8) is 0 Å². The highest BCUT2D eigenvalue weighted by Crippen LogP contribution is 2.62. The molecule has 0 saturated heterocycles. The minimum atomic E-state index is -4.00. The zero-order valence-electron chi connectivity index (χ0n) is 18.7. The molecule has 1 atom stereocenters. The van der Waals surface area contributed by atoms with Gasteiger partial charge in [-0.3, -0.25) is 9.59 Å². The van der Waals surface area contributed by atoms with Crippen LogP contribution in [-0.2, 0) is 9.98 Å². The van der Waals surface area contributed by atoms with Gasteiger partial charge in [-0.2, -0.15) is 0 Å². The van der Waals surface area contributed by atoms with Crippen LogP contribution in [0.3, 0.4) is 0 Å². The largest absolute Gasteiger partial charge is 0.306 e. The van der Waals surface area contributed by atoms with Crippen LogP contribution in [0.4, 0.5) is 0 Å². The third kappa shape index (κ3) is 4.42. The third-order valence-electron chi connectivity index (χ3n) is 6.23. The number of aryl methyl sites for hydroxylation is 2. The molecule has 0 amide bonds. The van der Waals surface area contributed by atoms with E-state index < -0.39 is 23.8 Å². The summed E-state index contributed by atoms with van der Waals surface area (Å²) in [6.07, 6.45) is 2.89. The molecule has 1 aliphatic carbocycles. The Morgan fingerprint density at radius 2 is 1.35 bits per heavy atom. The number of hydrogen-bond donors (Lipinski definition) is 0. The third-order valence-corrected chi connectivity index (χ3v) is 10.1. The van der Waals surface area contributed by atoms with Crippen molar-refractivity contribution in [1.29, 1.82) is 0 Å². The molecule has 0 spiro atoms. The van der Waals surface area contributed by atoms with Crippen LogP contribution in [0.1, 0.15) is 83.9 Å². The number of halogens is 2. The molecule has 0 aliphatic heterocycles. The molecule has 2 aromatic carbocycles. The molecule has 0 aromatic heterocycles. The second kappa shape index (κ2) is 8.85. The van der Waals surface area contributed by atoms with E-state index in [0.717, 1.165) is 29.5 Å². The van der Waals surface area contributed by atoms with Gasteiger partial charge in [0.2, 0.25) is 18.2 Å². The highest BCUT2D eigenvalue weighted by Gasteiger charge is 2.50. The SMILES string of the molecule is Cc1cc(C(C)(C)C)cc(C)c1C(=O)P(=O)(C(=O)c1c(Cl)cccc1Cl)C1CCCC1. The summed E-state index contributed by atoms with van der Waals surface area (Å²) in [6, 6.07) is 8.64. The van der Waals surface area contributed by atoms with Crippen LogP contribution in [0.25, 0.3) is 0 Å². The molecule has 2 aromatic rings. The first kappa shape index (κ1) is 24.2. The first-order valence-corrected chi connectivity index (χ1v) is 13.2. The van der Waals surface area contributed by atoms with Crippen LogP contribution < -0.4 is 0 Å². The van der Waals surface area contributed by atoms with Crippen LogP contribution in [0.2, 0.25) is 10.0 Å². The van der Waals surface area contributed by atoms with E-state index in [1.54, 1.807) is 18.2 Å². The molecule has 3 rings (SSSR count). The van der Waals surface area contributed by atoms with Gasteiger partial charge < -0.3 is 4.57 Å². The van der Waals surface area contributed by atoms with E-state index in [9.17, 15) is 14.2 Å². The molecule has 1 saturated carbocycles. The quantitative estimate of drug-likeness (QED) is 0.406. The number of carbonyl (C=O) groups excluding carboxylic acids is 2. The average Bonchev–Trinajstić information content (AvgIpc) is 3.20. The lowest BCUT2D eigenvalue weighted by Gasteiger charge is -2.26. The maximum absolute atomic E-state index is 14.5. The summed E-state index contributed by atoms with van der Waals surface area (Å²) in [7, 11) is -4.00. The Morgan fingerprint density at radius 3 is 1.81 bits per heavy atom. The molecular weight excluding hydrogens is 450 g/mol. The molecule has 0 bridgehead atoms. The van der Waals surface area contributed by atoms with Gasteiger partial charge in [0.15, 0.2) is 0 Å². The molecular formula is C25H29Cl2O3P. The van der Waals surface area contributed by atoms with Crippen molar-refractivity contribution in [3.8, 4) is 0 Å². The molecule has 0 heterocycles. The van der Waals surface area contributed by atoms with Gasteiger partial charge >= 0.3 is 0 Å². The lowest BCUT2D eigenvalue weighted by Crippen LogP contribution is -2.22. The fraction of sp³-hybridized carbons (Fsp3) is 0.440. The Hall–Kier alpha value is -1.41. The van der Waals surface area contributed by atoms with Crippen molar-refractivity contribution < 1.29 is 14.2 Å². The summed E-state index contributed by atoms with van der Waals surface area (Å²) in [5.74, 6) is 0. The summed E-state index contributed by atoms with van der Waals surface area (Å²) in [5.41, 5.74) is 1.13. The second-order valence-electron chi connectivity index (χ2n) is 9.54. The summed E-state index contributed by atoms with van der Waals surface area (Å²) < 4.78 is 14.5. The highest BCUT2D eigenvalue weighted by molar-refractivity contribution is 7.96. The number of benzene rings is 2. The fourth-order valence-electron chi connectivity index (χ4n) is 4.46. The van der Waals surface area contributed by atoms with E-state index in [2.05, 4.69) is 20.8 Å². The molecule has 3 nitrogen and oxygen atoms in total. The van der Waals surface area contributed by atoms with Crippen molar-refractivity contribution in [2.75, 3.05) is 0 Å². The second-order valence-corrected chi connectivity index (χ2v) is 13.2. The first-order chi connectivity index (χ1) is 14.4. The maximum Gasteiger partial charge on any atom is 0.232 e. The maximum atomic E-state index is 14.5. The Morgan fingerprint density at radius 1 is 0.903 bits per heavy atom. The summed E-state index contributed by atoms with van der Waals surface area (Å²) in [6.45, 7) is 10.0. The number of rotatable bonds is 5. The van der Waals surface area contributed by atoms with E-state index in [1.165, 1.54) is 0 Å². The zero-order chi connectivity index (χ0) is 23.1. The van der Waals surface area contributed by atoms with Crippen LogP contribution in [0.15, 0.2) is 30.3 Å². The smallest absolute Gasteiger partial charge is 0.232 e. The van der Waals surface area contributed by atoms with E-state index in [0.29, 0.717) is 18.4 Å². The monoisotopic (exact) mass is 478 g/mol. The normalized spacial score (nSPS) is 16.9. The van der Waals surface area contributed by atoms with Crippen LogP contribution >= 0.6 is 30.3 Å². The Bertz CT molecular complexity index is 1050. The Kier molecular flexibility index (Phi) is 6.92. The van der Waals surface area contributed by atoms with Crippen molar-refractivity contribution in [2.45, 2.75) is 71.4 Å². The Labute approximate surface area is 194 Å². The van der Waals surface area contributed by atoms with Gasteiger partial charge in [0.1, 0.15) is 0 Å². The lowest BCUT2D eigenvalue weighted by atomic mass is 9.84. The minimum Gasteiger partial charge on any atom is -0.306 e. The van der Waals surface area contributed by atoms with Crippen molar-refractivity contribution in [2.24, 2.45) is 0 Å². The standard InChI is InChI=1S/C25H29Cl2O3P/c1-15-13-17(25(3,4)5)14-16(2)21(15)23(28)31(30,18-9-6-7-10-18)24(29)22-19(26)11-8-12-20(22)27/h8,11-14,18H,6-7,9-10H2,1-5H3. The van der Waals surface area contributed by atoms with Crippen molar-refractivity contribution in [3.05, 3.63) is 68.2 Å². The molecule has 1 unspecified atom stereocenters. The molecule has 6 heteroatoms.